The summed E-state index contributed by atoms with van der Waals surface area (Å²) >= 11 is 0. The molecule has 1 aliphatic rings. The predicted molar refractivity (Wildman–Crippen MR) is 112 cm³/mol. The van der Waals surface area contributed by atoms with Crippen LogP contribution >= 0.6 is 0 Å². The minimum absolute atomic E-state index is 0.00999. The number of Topliss-reactive ketones (excluding diaryl/α,β-unsaturated/α-hetero) is 1. The van der Waals surface area contributed by atoms with Crippen LogP contribution in [0.1, 0.15) is 70.9 Å². The van der Waals surface area contributed by atoms with Crippen molar-refractivity contribution in [1.82, 2.24) is 14.9 Å². The molecule has 30 heavy (non-hydrogen) atoms. The fourth-order valence-electron chi connectivity index (χ4n) is 3.84. The van der Waals surface area contributed by atoms with Crippen LogP contribution in [0.2, 0.25) is 0 Å². The lowest BCUT2D eigenvalue weighted by Gasteiger charge is -2.35. The fraction of sp³-hybridized carbons (Fsp3) is 0.478. The smallest absolute Gasteiger partial charge is 0.355 e. The van der Waals surface area contributed by atoms with Crippen LogP contribution in [0.25, 0.3) is 0 Å². The van der Waals surface area contributed by atoms with Crippen LogP contribution in [0.5, 0.6) is 0 Å². The number of ether oxygens (including phenoxy) is 1. The Morgan fingerprint density at radius 2 is 2.00 bits per heavy atom. The van der Waals surface area contributed by atoms with Crippen molar-refractivity contribution < 1.29 is 19.1 Å². The zero-order chi connectivity index (χ0) is 21.8. The summed E-state index contributed by atoms with van der Waals surface area (Å²) in [6, 6.07) is 4.86. The Hall–Kier alpha value is -2.96. The molecule has 7 heteroatoms. The molecule has 1 aliphatic carbocycles. The number of nitrogens with one attached hydrogen (secondary N) is 1. The van der Waals surface area contributed by atoms with Gasteiger partial charge in [-0.3, -0.25) is 14.6 Å². The number of carbonyl (C=O) groups excluding carboxylic acids is 3. The summed E-state index contributed by atoms with van der Waals surface area (Å²) in [6.07, 6.45) is 4.43. The largest absolute Gasteiger partial charge is 0.461 e. The van der Waals surface area contributed by atoms with Gasteiger partial charge in [0, 0.05) is 23.4 Å². The Bertz CT molecular complexity index is 931. The summed E-state index contributed by atoms with van der Waals surface area (Å²) in [4.78, 5) is 47.7. The first-order valence-corrected chi connectivity index (χ1v) is 10.5. The molecule has 0 bridgehead atoms. The number of amides is 1. The number of aromatic amines is 1. The molecular formula is C23H29N3O4. The van der Waals surface area contributed by atoms with Crippen molar-refractivity contribution in [2.24, 2.45) is 5.92 Å². The Morgan fingerprint density at radius 1 is 1.27 bits per heavy atom. The molecule has 0 aromatic carbocycles. The van der Waals surface area contributed by atoms with E-state index in [2.05, 4.69) is 9.97 Å². The number of aryl methyl sites for hydroxylation is 1. The minimum Gasteiger partial charge on any atom is -0.461 e. The van der Waals surface area contributed by atoms with E-state index in [1.54, 1.807) is 38.8 Å². The van der Waals surface area contributed by atoms with Crippen LogP contribution in [0, 0.1) is 19.8 Å². The Morgan fingerprint density at radius 3 is 2.57 bits per heavy atom. The molecule has 1 N–H and O–H groups in total. The van der Waals surface area contributed by atoms with Gasteiger partial charge in [0.2, 0.25) is 5.91 Å². The highest BCUT2D eigenvalue weighted by Crippen LogP contribution is 2.30. The van der Waals surface area contributed by atoms with Gasteiger partial charge in [0.05, 0.1) is 24.9 Å². The maximum atomic E-state index is 13.5. The SMILES string of the molecule is CCOC(=O)c1[nH]c(C)c(C(=O)[C@H](C)N(Cc2ccccn2)C(=O)C2CCC2)c1C. The molecule has 0 unspecified atom stereocenters. The number of esters is 1. The number of carbonyl (C=O) groups is 3. The van der Waals surface area contributed by atoms with E-state index >= 15 is 0 Å². The highest BCUT2D eigenvalue weighted by molar-refractivity contribution is 6.06. The minimum atomic E-state index is -0.677. The summed E-state index contributed by atoms with van der Waals surface area (Å²) < 4.78 is 5.08. The average Bonchev–Trinajstić information content (AvgIpc) is 2.99. The van der Waals surface area contributed by atoms with E-state index in [-0.39, 0.29) is 36.5 Å². The van der Waals surface area contributed by atoms with E-state index in [0.717, 1.165) is 25.0 Å². The van der Waals surface area contributed by atoms with Gasteiger partial charge in [-0.15, -0.1) is 0 Å². The zero-order valence-corrected chi connectivity index (χ0v) is 18.0. The molecule has 0 radical (unpaired) electrons. The summed E-state index contributed by atoms with van der Waals surface area (Å²) in [5, 5.41) is 0. The van der Waals surface area contributed by atoms with Crippen molar-refractivity contribution >= 4 is 17.7 Å². The molecule has 2 heterocycles. The first kappa shape index (κ1) is 21.7. The van der Waals surface area contributed by atoms with Gasteiger partial charge in [0.25, 0.3) is 0 Å². The average molecular weight is 412 g/mol. The Balaban J connectivity index is 1.90. The molecule has 3 rings (SSSR count). The van der Waals surface area contributed by atoms with E-state index in [9.17, 15) is 14.4 Å². The van der Waals surface area contributed by atoms with Crippen LogP contribution in [-0.2, 0) is 16.1 Å². The lowest BCUT2D eigenvalue weighted by atomic mass is 9.83. The Kier molecular flexibility index (Phi) is 6.70. The summed E-state index contributed by atoms with van der Waals surface area (Å²) in [6.45, 7) is 7.50. The number of ketones is 1. The molecule has 1 fully saturated rings. The van der Waals surface area contributed by atoms with E-state index in [1.165, 1.54) is 0 Å². The molecule has 1 saturated carbocycles. The first-order valence-electron chi connectivity index (χ1n) is 10.5. The zero-order valence-electron chi connectivity index (χ0n) is 18.0. The quantitative estimate of drug-likeness (QED) is 0.529. The lowest BCUT2D eigenvalue weighted by molar-refractivity contribution is -0.140. The molecule has 0 spiro atoms. The van der Waals surface area contributed by atoms with Gasteiger partial charge >= 0.3 is 5.97 Å². The molecule has 7 nitrogen and oxygen atoms in total. The highest BCUT2D eigenvalue weighted by Gasteiger charge is 2.36. The topological polar surface area (TPSA) is 92.4 Å². The van der Waals surface area contributed by atoms with Gasteiger partial charge in [-0.25, -0.2) is 4.79 Å². The van der Waals surface area contributed by atoms with Gasteiger partial charge in [-0.05, 0) is 58.2 Å². The number of aromatic nitrogens is 2. The lowest BCUT2D eigenvalue weighted by Crippen LogP contribution is -2.47. The van der Waals surface area contributed by atoms with Gasteiger partial charge in [0.15, 0.2) is 5.78 Å². The van der Waals surface area contributed by atoms with Crippen LogP contribution in [-0.4, -0.2) is 45.2 Å². The third kappa shape index (κ3) is 4.30. The normalized spacial score (nSPS) is 14.7. The molecule has 1 atom stereocenters. The first-order chi connectivity index (χ1) is 14.3. The predicted octanol–water partition coefficient (Wildman–Crippen LogP) is 3.60. The molecule has 2 aromatic heterocycles. The summed E-state index contributed by atoms with van der Waals surface area (Å²) in [5.41, 5.74) is 2.61. The number of nitrogens with zero attached hydrogens (tertiary/aromatic N) is 2. The van der Waals surface area contributed by atoms with Crippen molar-refractivity contribution in [2.75, 3.05) is 6.61 Å². The molecule has 1 amide bonds. The number of hydrogen-bond acceptors (Lipinski definition) is 5. The molecule has 2 aromatic rings. The third-order valence-corrected chi connectivity index (χ3v) is 5.81. The third-order valence-electron chi connectivity index (χ3n) is 5.81. The van der Waals surface area contributed by atoms with Crippen molar-refractivity contribution in [2.45, 2.75) is 59.5 Å². The number of rotatable bonds is 8. The van der Waals surface area contributed by atoms with Crippen LogP contribution < -0.4 is 0 Å². The molecular weight excluding hydrogens is 382 g/mol. The van der Waals surface area contributed by atoms with Crippen molar-refractivity contribution in [3.05, 3.63) is 52.6 Å². The van der Waals surface area contributed by atoms with Crippen LogP contribution in [0.15, 0.2) is 24.4 Å². The maximum Gasteiger partial charge on any atom is 0.355 e. The van der Waals surface area contributed by atoms with E-state index < -0.39 is 12.0 Å². The second-order valence-corrected chi connectivity index (χ2v) is 7.80. The standard InChI is InChI=1S/C23H29N3O4/c1-5-30-23(29)20-14(2)19(15(3)25-20)21(27)16(4)26(22(28)17-9-8-10-17)13-18-11-6-7-12-24-18/h6-7,11-12,16-17,25H,5,8-10,13H2,1-4H3/t16-/m0/s1. The van der Waals surface area contributed by atoms with Crippen LogP contribution in [0.3, 0.4) is 0 Å². The Labute approximate surface area is 176 Å². The molecule has 0 aliphatic heterocycles. The highest BCUT2D eigenvalue weighted by atomic mass is 16.5. The maximum absolute atomic E-state index is 13.5. The molecule has 160 valence electrons. The number of pyridine rings is 1. The van der Waals surface area contributed by atoms with Crippen molar-refractivity contribution in [1.29, 1.82) is 0 Å². The number of hydrogen-bond donors (Lipinski definition) is 1. The van der Waals surface area contributed by atoms with Gasteiger partial charge in [-0.2, -0.15) is 0 Å². The van der Waals surface area contributed by atoms with Crippen LogP contribution in [0.4, 0.5) is 0 Å². The van der Waals surface area contributed by atoms with Gasteiger partial charge < -0.3 is 14.6 Å². The van der Waals surface area contributed by atoms with Gasteiger partial charge in [-0.1, -0.05) is 12.5 Å². The molecule has 0 saturated heterocycles. The van der Waals surface area contributed by atoms with E-state index in [0.29, 0.717) is 16.8 Å². The second-order valence-electron chi connectivity index (χ2n) is 7.80. The van der Waals surface area contributed by atoms with E-state index in [1.807, 2.05) is 18.2 Å². The summed E-state index contributed by atoms with van der Waals surface area (Å²) in [7, 11) is 0. The monoisotopic (exact) mass is 411 g/mol. The number of H-pyrrole nitrogens is 1. The fourth-order valence-corrected chi connectivity index (χ4v) is 3.84. The summed E-state index contributed by atoms with van der Waals surface area (Å²) in [5.74, 6) is -0.724. The second kappa shape index (κ2) is 9.24. The van der Waals surface area contributed by atoms with Crippen molar-refractivity contribution in [3.63, 3.8) is 0 Å². The van der Waals surface area contributed by atoms with Crippen molar-refractivity contribution in [3.8, 4) is 0 Å². The van der Waals surface area contributed by atoms with Gasteiger partial charge in [0.1, 0.15) is 5.69 Å². The van der Waals surface area contributed by atoms with E-state index in [4.69, 9.17) is 4.74 Å².